The largest absolute Gasteiger partial charge is 0.352 e. The van der Waals surface area contributed by atoms with Crippen molar-refractivity contribution >= 4 is 40.2 Å². The Balaban J connectivity index is 1.78. The quantitative estimate of drug-likeness (QED) is 0.470. The minimum absolute atomic E-state index is 0.00167. The fourth-order valence-electron chi connectivity index (χ4n) is 4.03. The van der Waals surface area contributed by atoms with Gasteiger partial charge in [-0.1, -0.05) is 63.9 Å². The normalized spacial score (nSPS) is 21.9. The molecule has 1 saturated carbocycles. The first-order valence-corrected chi connectivity index (χ1v) is 12.2. The maximum Gasteiger partial charge on any atom is 0.262 e. The Kier molecular flexibility index (Phi) is 7.86. The van der Waals surface area contributed by atoms with Gasteiger partial charge in [0.2, 0.25) is 5.91 Å². The summed E-state index contributed by atoms with van der Waals surface area (Å²) in [6.45, 7) is 9.33. The topological polar surface area (TPSA) is 64.0 Å². The molecule has 1 aromatic heterocycles. The first-order chi connectivity index (χ1) is 14.3. The molecule has 164 valence electrons. The second kappa shape index (κ2) is 10.2. The number of thioether (sulfide) groups is 1. The first kappa shape index (κ1) is 23.1. The van der Waals surface area contributed by atoms with E-state index in [1.54, 1.807) is 22.8 Å². The van der Waals surface area contributed by atoms with Gasteiger partial charge in [0.25, 0.3) is 5.56 Å². The van der Waals surface area contributed by atoms with Gasteiger partial charge < -0.3 is 5.32 Å². The van der Waals surface area contributed by atoms with E-state index in [1.165, 1.54) is 18.2 Å². The summed E-state index contributed by atoms with van der Waals surface area (Å²) in [6.07, 6.45) is 4.30. The summed E-state index contributed by atoms with van der Waals surface area (Å²) < 4.78 is 1.71. The summed E-state index contributed by atoms with van der Waals surface area (Å²) >= 11 is 7.44. The van der Waals surface area contributed by atoms with E-state index in [0.29, 0.717) is 45.4 Å². The average Bonchev–Trinajstić information content (AvgIpc) is 2.69. The van der Waals surface area contributed by atoms with Gasteiger partial charge in [-0.15, -0.1) is 0 Å². The molecular formula is C23H32ClN3O2S. The molecule has 1 fully saturated rings. The van der Waals surface area contributed by atoms with Gasteiger partial charge in [-0.3, -0.25) is 14.2 Å². The number of amides is 1. The number of benzene rings is 1. The second-order valence-electron chi connectivity index (χ2n) is 8.93. The maximum atomic E-state index is 13.1. The van der Waals surface area contributed by atoms with E-state index in [1.807, 2.05) is 0 Å². The summed E-state index contributed by atoms with van der Waals surface area (Å²) in [5.41, 5.74) is 0.501. The molecule has 1 N–H and O–H groups in total. The molecule has 5 nitrogen and oxygen atoms in total. The fraction of sp³-hybridized carbons (Fsp3) is 0.609. The van der Waals surface area contributed by atoms with Crippen LogP contribution in [0.5, 0.6) is 0 Å². The highest BCUT2D eigenvalue weighted by Gasteiger charge is 2.28. The highest BCUT2D eigenvalue weighted by molar-refractivity contribution is 7.99. The van der Waals surface area contributed by atoms with Crippen LogP contribution in [0.2, 0.25) is 5.02 Å². The molecule has 3 rings (SSSR count). The van der Waals surface area contributed by atoms with Crippen LogP contribution < -0.4 is 10.9 Å². The summed E-state index contributed by atoms with van der Waals surface area (Å²) in [5.74, 6) is 1.83. The standard InChI is InChI=1S/C23H32ClN3O2S/c1-14(2)10-11-27-22(29)18-9-8-17(24)12-20(18)26-23(27)30-13-21(28)25-19-7-5-6-15(3)16(19)4/h8-9,12,14-16,19H,5-7,10-11,13H2,1-4H3,(H,25,28). The fourth-order valence-corrected chi connectivity index (χ4v) is 5.04. The van der Waals surface area contributed by atoms with Crippen LogP contribution in [0, 0.1) is 17.8 Å². The second-order valence-corrected chi connectivity index (χ2v) is 10.3. The lowest BCUT2D eigenvalue weighted by Gasteiger charge is -2.34. The predicted octanol–water partition coefficient (Wildman–Crippen LogP) is 5.13. The van der Waals surface area contributed by atoms with E-state index in [9.17, 15) is 9.59 Å². The molecule has 0 aliphatic heterocycles. The number of nitrogens with one attached hydrogen (secondary N) is 1. The Morgan fingerprint density at radius 1 is 1.33 bits per heavy atom. The van der Waals surface area contributed by atoms with Crippen molar-refractivity contribution in [3.8, 4) is 0 Å². The molecule has 1 aromatic carbocycles. The zero-order valence-corrected chi connectivity index (χ0v) is 19.9. The van der Waals surface area contributed by atoms with Crippen molar-refractivity contribution < 1.29 is 4.79 Å². The molecule has 3 unspecified atom stereocenters. The predicted molar refractivity (Wildman–Crippen MR) is 125 cm³/mol. The third-order valence-corrected chi connectivity index (χ3v) is 7.41. The van der Waals surface area contributed by atoms with E-state index in [0.717, 1.165) is 19.3 Å². The van der Waals surface area contributed by atoms with E-state index < -0.39 is 0 Å². The van der Waals surface area contributed by atoms with Crippen LogP contribution in [0.1, 0.15) is 53.4 Å². The van der Waals surface area contributed by atoms with Crippen LogP contribution in [-0.2, 0) is 11.3 Å². The van der Waals surface area contributed by atoms with Crippen LogP contribution in [0.15, 0.2) is 28.2 Å². The van der Waals surface area contributed by atoms with E-state index in [4.69, 9.17) is 11.6 Å². The van der Waals surface area contributed by atoms with Crippen molar-refractivity contribution in [1.29, 1.82) is 0 Å². The number of nitrogens with zero attached hydrogens (tertiary/aromatic N) is 2. The molecule has 0 radical (unpaired) electrons. The molecule has 7 heteroatoms. The molecule has 2 aromatic rings. The number of carbonyl (C=O) groups excluding carboxylic acids is 1. The molecule has 0 spiro atoms. The zero-order chi connectivity index (χ0) is 21.8. The summed E-state index contributed by atoms with van der Waals surface area (Å²) in [5, 5.41) is 4.89. The lowest BCUT2D eigenvalue weighted by molar-refractivity contribution is -0.120. The van der Waals surface area contributed by atoms with Gasteiger partial charge >= 0.3 is 0 Å². The average molecular weight is 450 g/mol. The highest BCUT2D eigenvalue weighted by atomic mass is 35.5. The lowest BCUT2D eigenvalue weighted by atomic mass is 9.78. The first-order valence-electron chi connectivity index (χ1n) is 10.9. The van der Waals surface area contributed by atoms with Crippen LogP contribution in [0.3, 0.4) is 0 Å². The molecule has 0 bridgehead atoms. The van der Waals surface area contributed by atoms with Gasteiger partial charge in [-0.2, -0.15) is 0 Å². The van der Waals surface area contributed by atoms with Crippen molar-refractivity contribution in [2.75, 3.05) is 5.75 Å². The Hall–Kier alpha value is -1.53. The van der Waals surface area contributed by atoms with Crippen LogP contribution in [0.25, 0.3) is 10.9 Å². The van der Waals surface area contributed by atoms with Gasteiger partial charge in [0, 0.05) is 17.6 Å². The monoisotopic (exact) mass is 449 g/mol. The van der Waals surface area contributed by atoms with E-state index in [-0.39, 0.29) is 23.3 Å². The number of hydrogen-bond acceptors (Lipinski definition) is 4. The summed E-state index contributed by atoms with van der Waals surface area (Å²) in [7, 11) is 0. The van der Waals surface area contributed by atoms with Gasteiger partial charge in [-0.25, -0.2) is 4.98 Å². The highest BCUT2D eigenvalue weighted by Crippen LogP contribution is 2.29. The Labute approximate surface area is 188 Å². The number of fused-ring (bicyclic) bond motifs is 1. The Bertz CT molecular complexity index is 959. The lowest BCUT2D eigenvalue weighted by Crippen LogP contribution is -2.44. The molecule has 1 aliphatic rings. The van der Waals surface area contributed by atoms with Crippen LogP contribution in [0.4, 0.5) is 0 Å². The number of carbonyl (C=O) groups is 1. The molecule has 1 amide bonds. The number of halogens is 1. The summed E-state index contributed by atoms with van der Waals surface area (Å²) in [4.78, 5) is 30.4. The molecule has 1 aliphatic carbocycles. The molecule has 0 saturated heterocycles. The van der Waals surface area contributed by atoms with Crippen molar-refractivity contribution in [1.82, 2.24) is 14.9 Å². The molecular weight excluding hydrogens is 418 g/mol. The Morgan fingerprint density at radius 3 is 2.83 bits per heavy atom. The summed E-state index contributed by atoms with van der Waals surface area (Å²) in [6, 6.07) is 5.38. The van der Waals surface area contributed by atoms with Crippen molar-refractivity contribution in [2.24, 2.45) is 17.8 Å². The minimum atomic E-state index is -0.0741. The van der Waals surface area contributed by atoms with Gasteiger partial charge in [-0.05, 0) is 48.8 Å². The maximum absolute atomic E-state index is 13.1. The minimum Gasteiger partial charge on any atom is -0.352 e. The van der Waals surface area contributed by atoms with Crippen molar-refractivity contribution in [2.45, 2.75) is 71.1 Å². The Morgan fingerprint density at radius 2 is 2.10 bits per heavy atom. The molecule has 1 heterocycles. The van der Waals surface area contributed by atoms with Crippen molar-refractivity contribution in [3.63, 3.8) is 0 Å². The van der Waals surface area contributed by atoms with Crippen molar-refractivity contribution in [3.05, 3.63) is 33.6 Å². The molecule has 3 atom stereocenters. The number of rotatable bonds is 7. The van der Waals surface area contributed by atoms with E-state index in [2.05, 4.69) is 38.0 Å². The van der Waals surface area contributed by atoms with Gasteiger partial charge in [0.15, 0.2) is 5.16 Å². The number of hydrogen-bond donors (Lipinski definition) is 1. The zero-order valence-electron chi connectivity index (χ0n) is 18.3. The van der Waals surface area contributed by atoms with Gasteiger partial charge in [0.1, 0.15) is 0 Å². The third-order valence-electron chi connectivity index (χ3n) is 6.20. The smallest absolute Gasteiger partial charge is 0.262 e. The van der Waals surface area contributed by atoms with Crippen LogP contribution in [-0.4, -0.2) is 27.3 Å². The SMILES string of the molecule is CC(C)CCn1c(SCC(=O)NC2CCCC(C)C2C)nc2cc(Cl)ccc2c1=O. The van der Waals surface area contributed by atoms with Crippen LogP contribution >= 0.6 is 23.4 Å². The molecule has 30 heavy (non-hydrogen) atoms. The number of aromatic nitrogens is 2. The van der Waals surface area contributed by atoms with Gasteiger partial charge in [0.05, 0.1) is 16.7 Å². The van der Waals surface area contributed by atoms with E-state index >= 15 is 0 Å². The third kappa shape index (κ3) is 5.58.